The van der Waals surface area contributed by atoms with Crippen LogP contribution in [0.3, 0.4) is 0 Å². The summed E-state index contributed by atoms with van der Waals surface area (Å²) in [5.41, 5.74) is 0.387. The van der Waals surface area contributed by atoms with Crippen molar-refractivity contribution in [3.8, 4) is 11.5 Å². The third-order valence-electron chi connectivity index (χ3n) is 5.06. The number of anilines is 1. The Bertz CT molecular complexity index is 993. The van der Waals surface area contributed by atoms with Crippen LogP contribution in [0.4, 0.5) is 5.82 Å². The first-order valence-corrected chi connectivity index (χ1v) is 12.4. The molecule has 3 rings (SSSR count). The first-order chi connectivity index (χ1) is 15.4. The van der Waals surface area contributed by atoms with Crippen molar-refractivity contribution in [3.63, 3.8) is 0 Å². The van der Waals surface area contributed by atoms with E-state index in [4.69, 9.17) is 9.47 Å². The quantitative estimate of drug-likeness (QED) is 0.574. The number of ether oxygens (including phenoxy) is 2. The van der Waals surface area contributed by atoms with E-state index in [0.717, 1.165) is 5.82 Å². The van der Waals surface area contributed by atoms with Gasteiger partial charge in [-0.3, -0.25) is 4.79 Å². The highest BCUT2D eigenvalue weighted by atomic mass is 32.2. The number of nitrogens with one attached hydrogen (secondary N) is 1. The molecule has 2 aromatic rings. The molecule has 10 heteroatoms. The minimum atomic E-state index is -3.47. The number of nitrogens with zero attached hydrogens (tertiary/aromatic N) is 3. The molecule has 0 atom stereocenters. The van der Waals surface area contributed by atoms with Gasteiger partial charge in [0.1, 0.15) is 5.82 Å². The summed E-state index contributed by atoms with van der Waals surface area (Å²) in [6.45, 7) is 6.62. The molecule has 0 unspecified atom stereocenters. The van der Waals surface area contributed by atoms with Gasteiger partial charge in [-0.2, -0.15) is 4.31 Å². The van der Waals surface area contributed by atoms with E-state index in [-0.39, 0.29) is 18.2 Å². The molecule has 0 bridgehead atoms. The van der Waals surface area contributed by atoms with Crippen molar-refractivity contribution in [1.29, 1.82) is 0 Å². The van der Waals surface area contributed by atoms with Crippen LogP contribution in [0.1, 0.15) is 24.2 Å². The summed E-state index contributed by atoms with van der Waals surface area (Å²) in [7, 11) is -3.47. The third-order valence-corrected chi connectivity index (χ3v) is 6.93. The Hall–Kier alpha value is -2.85. The van der Waals surface area contributed by atoms with E-state index in [1.807, 2.05) is 32.0 Å². The first kappa shape index (κ1) is 23.8. The van der Waals surface area contributed by atoms with Gasteiger partial charge < -0.3 is 19.7 Å². The molecule has 9 nitrogen and oxygen atoms in total. The average Bonchev–Trinajstić information content (AvgIpc) is 2.81. The highest BCUT2D eigenvalue weighted by Crippen LogP contribution is 2.28. The predicted molar refractivity (Wildman–Crippen MR) is 123 cm³/mol. The van der Waals surface area contributed by atoms with Crippen LogP contribution < -0.4 is 19.7 Å². The zero-order chi connectivity index (χ0) is 23.0. The van der Waals surface area contributed by atoms with Gasteiger partial charge in [-0.15, -0.1) is 0 Å². The molecular weight excluding hydrogens is 432 g/mol. The van der Waals surface area contributed by atoms with Crippen molar-refractivity contribution >= 4 is 21.7 Å². The molecule has 174 valence electrons. The lowest BCUT2D eigenvalue weighted by Gasteiger charge is -2.34. The zero-order valence-corrected chi connectivity index (χ0v) is 19.3. The fraction of sp³-hybridized carbons (Fsp3) is 0.455. The topological polar surface area (TPSA) is 101 Å². The lowest BCUT2D eigenvalue weighted by molar-refractivity contribution is 0.0955. The van der Waals surface area contributed by atoms with E-state index >= 15 is 0 Å². The van der Waals surface area contributed by atoms with Crippen LogP contribution in [0.25, 0.3) is 0 Å². The van der Waals surface area contributed by atoms with Gasteiger partial charge in [0.2, 0.25) is 10.0 Å². The summed E-state index contributed by atoms with van der Waals surface area (Å²) in [5, 5.41) is 2.69. The Morgan fingerprint density at radius 2 is 1.75 bits per heavy atom. The first-order valence-electron chi connectivity index (χ1n) is 10.8. The Labute approximate surface area is 189 Å². The van der Waals surface area contributed by atoms with Gasteiger partial charge in [-0.05, 0) is 44.2 Å². The number of pyridine rings is 1. The zero-order valence-electron chi connectivity index (χ0n) is 18.5. The summed E-state index contributed by atoms with van der Waals surface area (Å²) < 4.78 is 37.9. The maximum atomic E-state index is 12.7. The highest BCUT2D eigenvalue weighted by molar-refractivity contribution is 7.89. The Morgan fingerprint density at radius 1 is 1.03 bits per heavy atom. The molecule has 1 N–H and O–H groups in total. The number of hydrogen-bond donors (Lipinski definition) is 1. The van der Waals surface area contributed by atoms with E-state index in [0.29, 0.717) is 56.5 Å². The fourth-order valence-electron chi connectivity index (χ4n) is 3.45. The van der Waals surface area contributed by atoms with Crippen LogP contribution in [-0.4, -0.2) is 75.3 Å². The van der Waals surface area contributed by atoms with Gasteiger partial charge in [-0.1, -0.05) is 6.07 Å². The molecule has 1 saturated heterocycles. The van der Waals surface area contributed by atoms with Gasteiger partial charge in [0.15, 0.2) is 11.5 Å². The number of benzene rings is 1. The number of carbonyl (C=O) groups excluding carboxylic acids is 1. The van der Waals surface area contributed by atoms with Crippen LogP contribution in [0.15, 0.2) is 42.6 Å². The second kappa shape index (κ2) is 11.1. The van der Waals surface area contributed by atoms with Gasteiger partial charge in [0.05, 0.1) is 19.0 Å². The molecule has 1 amide bonds. The number of sulfonamides is 1. The Balaban J connectivity index is 1.51. The molecule has 1 aliphatic heterocycles. The van der Waals surface area contributed by atoms with Crippen molar-refractivity contribution < 1.29 is 22.7 Å². The number of hydrogen-bond acceptors (Lipinski definition) is 7. The number of piperazine rings is 1. The lowest BCUT2D eigenvalue weighted by atomic mass is 10.2. The molecule has 1 aliphatic rings. The van der Waals surface area contributed by atoms with E-state index < -0.39 is 10.0 Å². The molecule has 1 aromatic heterocycles. The highest BCUT2D eigenvalue weighted by Gasteiger charge is 2.27. The number of rotatable bonds is 10. The lowest BCUT2D eigenvalue weighted by Crippen LogP contribution is -2.50. The van der Waals surface area contributed by atoms with E-state index in [9.17, 15) is 13.2 Å². The van der Waals surface area contributed by atoms with Crippen molar-refractivity contribution in [2.45, 2.75) is 13.8 Å². The van der Waals surface area contributed by atoms with Crippen molar-refractivity contribution in [1.82, 2.24) is 14.6 Å². The molecule has 0 spiro atoms. The third kappa shape index (κ3) is 6.10. The molecule has 0 aliphatic carbocycles. The summed E-state index contributed by atoms with van der Waals surface area (Å²) >= 11 is 0. The van der Waals surface area contributed by atoms with E-state index in [1.54, 1.807) is 24.4 Å². The second-order valence-corrected chi connectivity index (χ2v) is 9.26. The number of aromatic nitrogens is 1. The normalized spacial score (nSPS) is 14.8. The van der Waals surface area contributed by atoms with Gasteiger partial charge >= 0.3 is 0 Å². The average molecular weight is 463 g/mol. The fourth-order valence-corrected chi connectivity index (χ4v) is 4.79. The standard InChI is InChI=1S/C22H30N4O5S/c1-3-30-19-9-8-18(17-20(19)31-4-2)22(27)24-11-16-32(28,29)26-14-12-25(13-15-26)21-7-5-6-10-23-21/h5-10,17H,3-4,11-16H2,1-2H3,(H,24,27). The number of amides is 1. The van der Waals surface area contributed by atoms with Crippen LogP contribution in [0.5, 0.6) is 11.5 Å². The van der Waals surface area contributed by atoms with E-state index in [1.165, 1.54) is 4.31 Å². The van der Waals surface area contributed by atoms with Gasteiger partial charge in [0, 0.05) is 44.5 Å². The summed E-state index contributed by atoms with van der Waals surface area (Å²) in [5.74, 6) is 1.39. The van der Waals surface area contributed by atoms with Crippen LogP contribution in [0, 0.1) is 0 Å². The molecule has 0 radical (unpaired) electrons. The molecule has 32 heavy (non-hydrogen) atoms. The van der Waals surface area contributed by atoms with Crippen LogP contribution in [0.2, 0.25) is 0 Å². The molecule has 2 heterocycles. The van der Waals surface area contributed by atoms with Crippen molar-refractivity contribution in [3.05, 3.63) is 48.2 Å². The molecule has 1 aromatic carbocycles. The molecule has 0 saturated carbocycles. The van der Waals surface area contributed by atoms with Gasteiger partial charge in [0.25, 0.3) is 5.91 Å². The largest absolute Gasteiger partial charge is 0.490 e. The summed E-state index contributed by atoms with van der Waals surface area (Å²) in [6, 6.07) is 10.6. The van der Waals surface area contributed by atoms with Crippen molar-refractivity contribution in [2.75, 3.05) is 56.6 Å². The van der Waals surface area contributed by atoms with Gasteiger partial charge in [-0.25, -0.2) is 13.4 Å². The van der Waals surface area contributed by atoms with E-state index in [2.05, 4.69) is 15.2 Å². The second-order valence-electron chi connectivity index (χ2n) is 7.17. The smallest absolute Gasteiger partial charge is 0.251 e. The summed E-state index contributed by atoms with van der Waals surface area (Å²) in [6.07, 6.45) is 1.73. The summed E-state index contributed by atoms with van der Waals surface area (Å²) in [4.78, 5) is 18.9. The van der Waals surface area contributed by atoms with Crippen LogP contribution >= 0.6 is 0 Å². The monoisotopic (exact) mass is 462 g/mol. The van der Waals surface area contributed by atoms with Crippen molar-refractivity contribution in [2.24, 2.45) is 0 Å². The maximum absolute atomic E-state index is 12.7. The Morgan fingerprint density at radius 3 is 2.41 bits per heavy atom. The maximum Gasteiger partial charge on any atom is 0.251 e. The number of carbonyl (C=O) groups is 1. The van der Waals surface area contributed by atoms with Crippen LogP contribution in [-0.2, 0) is 10.0 Å². The minimum Gasteiger partial charge on any atom is -0.490 e. The predicted octanol–water partition coefficient (Wildman–Crippen LogP) is 1.76. The Kier molecular flexibility index (Phi) is 8.29. The SMILES string of the molecule is CCOc1ccc(C(=O)NCCS(=O)(=O)N2CCN(c3ccccn3)CC2)cc1OCC. The minimum absolute atomic E-state index is 0.0266. The molecular formula is C22H30N4O5S. The molecule has 1 fully saturated rings.